The number of nitrogens with zero attached hydrogens (tertiary/aromatic N) is 1. The Kier molecular flexibility index (Phi) is 6.56. The van der Waals surface area contributed by atoms with Crippen LogP contribution < -0.4 is 5.32 Å². The standard InChI is InChI=1S/C29H40N2O3.H2/c1-19(2)26(32)25(20-8-4-3-5-9-20)30-27(33)22-11-6-10-21(16-22)23-12-7-15-31(18-23)28(34)24-17-29(24)13-14-29;/h6,10-11,16,19-20,23-25H,3-5,7-9,12-15,17-18H2,1-2H3,(H,30,33);1H/t23?,24?,25-;/m1./s1. The molecule has 3 aliphatic carbocycles. The molecule has 3 saturated carbocycles. The maximum atomic E-state index is 13.3. The van der Waals surface area contributed by atoms with Gasteiger partial charge >= 0.3 is 0 Å². The Morgan fingerprint density at radius 1 is 1.06 bits per heavy atom. The number of carbonyl (C=O) groups is 3. The van der Waals surface area contributed by atoms with E-state index in [9.17, 15) is 14.4 Å². The SMILES string of the molecule is CC(C)C(=O)[C@H](NC(=O)c1cccc(C2CCCN(C(=O)C3CC34CC4)C2)c1)C1CCCCC1.[HH]. The van der Waals surface area contributed by atoms with Gasteiger partial charge in [-0.05, 0) is 74.0 Å². The molecule has 5 nitrogen and oxygen atoms in total. The average molecular weight is 467 g/mol. The van der Waals surface area contributed by atoms with Gasteiger partial charge in [-0.15, -0.1) is 0 Å². The summed E-state index contributed by atoms with van der Waals surface area (Å²) in [6.07, 6.45) is 11.1. The number of hydrogen-bond acceptors (Lipinski definition) is 3. The zero-order valence-corrected chi connectivity index (χ0v) is 20.9. The predicted octanol–water partition coefficient (Wildman–Crippen LogP) is 5.34. The fourth-order valence-corrected chi connectivity index (χ4v) is 6.49. The van der Waals surface area contributed by atoms with Crippen molar-refractivity contribution in [3.05, 3.63) is 35.4 Å². The van der Waals surface area contributed by atoms with Gasteiger partial charge < -0.3 is 10.2 Å². The lowest BCUT2D eigenvalue weighted by atomic mass is 9.80. The van der Waals surface area contributed by atoms with Crippen LogP contribution >= 0.6 is 0 Å². The van der Waals surface area contributed by atoms with Crippen LogP contribution in [0, 0.1) is 23.2 Å². The third-order valence-corrected chi connectivity index (χ3v) is 9.02. The van der Waals surface area contributed by atoms with Crippen molar-refractivity contribution in [1.29, 1.82) is 0 Å². The molecule has 2 unspecified atom stereocenters. The molecule has 1 aromatic rings. The summed E-state index contributed by atoms with van der Waals surface area (Å²) >= 11 is 0. The van der Waals surface area contributed by atoms with Crippen molar-refractivity contribution in [3.63, 3.8) is 0 Å². The number of nitrogens with one attached hydrogen (secondary N) is 1. The van der Waals surface area contributed by atoms with E-state index in [1.807, 2.05) is 32.0 Å². The van der Waals surface area contributed by atoms with Gasteiger partial charge in [-0.2, -0.15) is 0 Å². The summed E-state index contributed by atoms with van der Waals surface area (Å²) < 4.78 is 0. The summed E-state index contributed by atoms with van der Waals surface area (Å²) in [5.74, 6) is 1.05. The summed E-state index contributed by atoms with van der Waals surface area (Å²) in [5.41, 5.74) is 2.15. The number of hydrogen-bond donors (Lipinski definition) is 1. The quantitative estimate of drug-likeness (QED) is 0.590. The summed E-state index contributed by atoms with van der Waals surface area (Å²) in [6.45, 7) is 5.47. The summed E-state index contributed by atoms with van der Waals surface area (Å²) in [6, 6.07) is 7.49. The number of amides is 2. The Bertz CT molecular complexity index is 951. The van der Waals surface area contributed by atoms with E-state index in [1.165, 1.54) is 19.3 Å². The Labute approximate surface area is 205 Å². The fourth-order valence-electron chi connectivity index (χ4n) is 6.49. The van der Waals surface area contributed by atoms with E-state index >= 15 is 0 Å². The molecule has 0 radical (unpaired) electrons. The molecule has 0 aromatic heterocycles. The van der Waals surface area contributed by atoms with Gasteiger partial charge in [0.05, 0.1) is 6.04 Å². The van der Waals surface area contributed by atoms with Crippen LogP contribution in [0.15, 0.2) is 24.3 Å². The van der Waals surface area contributed by atoms with Crippen LogP contribution in [0.5, 0.6) is 0 Å². The smallest absolute Gasteiger partial charge is 0.251 e. The second-order valence-electron chi connectivity index (χ2n) is 11.8. The van der Waals surface area contributed by atoms with E-state index in [4.69, 9.17) is 0 Å². The molecule has 5 rings (SSSR count). The number of rotatable bonds is 7. The maximum absolute atomic E-state index is 13.3. The van der Waals surface area contributed by atoms with Gasteiger partial charge in [0.1, 0.15) is 0 Å². The lowest BCUT2D eigenvalue weighted by molar-refractivity contribution is -0.134. The normalized spacial score (nSPS) is 26.9. The third-order valence-electron chi connectivity index (χ3n) is 9.02. The van der Waals surface area contributed by atoms with Crippen LogP contribution in [0.1, 0.15) is 101 Å². The van der Waals surface area contributed by atoms with Gasteiger partial charge in [-0.3, -0.25) is 14.4 Å². The number of ketones is 1. The third kappa shape index (κ3) is 4.81. The van der Waals surface area contributed by atoms with Crippen molar-refractivity contribution < 1.29 is 15.8 Å². The highest BCUT2D eigenvalue weighted by molar-refractivity contribution is 5.98. The van der Waals surface area contributed by atoms with Crippen molar-refractivity contribution in [2.45, 2.75) is 90.0 Å². The minimum atomic E-state index is -0.396. The highest BCUT2D eigenvalue weighted by Gasteiger charge is 2.66. The summed E-state index contributed by atoms with van der Waals surface area (Å²) in [7, 11) is 0. The number of carbonyl (C=O) groups excluding carboxylic acids is 3. The molecule has 1 heterocycles. The topological polar surface area (TPSA) is 66.5 Å². The first-order valence-electron chi connectivity index (χ1n) is 13.6. The molecule has 1 saturated heterocycles. The van der Waals surface area contributed by atoms with Gasteiger partial charge in [0.2, 0.25) is 5.91 Å². The molecule has 4 aliphatic rings. The fraction of sp³-hybridized carbons (Fsp3) is 0.690. The Hall–Kier alpha value is -2.17. The first kappa shape index (κ1) is 23.6. The van der Waals surface area contributed by atoms with Crippen molar-refractivity contribution in [3.8, 4) is 0 Å². The van der Waals surface area contributed by atoms with Crippen molar-refractivity contribution in [1.82, 2.24) is 10.2 Å². The first-order chi connectivity index (χ1) is 16.4. The largest absolute Gasteiger partial charge is 0.342 e. The molecule has 2 amide bonds. The zero-order chi connectivity index (χ0) is 23.9. The molecule has 4 fully saturated rings. The van der Waals surface area contributed by atoms with Gasteiger partial charge in [0.25, 0.3) is 5.91 Å². The minimum absolute atomic E-state index is 0. The van der Waals surface area contributed by atoms with Crippen molar-refractivity contribution >= 4 is 17.6 Å². The maximum Gasteiger partial charge on any atom is 0.251 e. The average Bonchev–Trinajstić information content (AvgIpc) is 3.80. The monoisotopic (exact) mass is 466 g/mol. The van der Waals surface area contributed by atoms with Gasteiger partial charge in [-0.1, -0.05) is 45.2 Å². The Morgan fingerprint density at radius 2 is 1.82 bits per heavy atom. The van der Waals surface area contributed by atoms with Gasteiger partial charge in [-0.25, -0.2) is 0 Å². The van der Waals surface area contributed by atoms with E-state index < -0.39 is 6.04 Å². The number of Topliss-reactive ketones (excluding diaryl/α,β-unsaturated/α-hetero) is 1. The van der Waals surface area contributed by atoms with Crippen LogP contribution in [0.3, 0.4) is 0 Å². The number of piperidine rings is 1. The van der Waals surface area contributed by atoms with Gasteiger partial charge in [0, 0.05) is 37.8 Å². The lowest BCUT2D eigenvalue weighted by Crippen LogP contribution is -2.48. The Balaban J connectivity index is 0.00000289. The molecule has 34 heavy (non-hydrogen) atoms. The zero-order valence-electron chi connectivity index (χ0n) is 20.9. The second-order valence-corrected chi connectivity index (χ2v) is 11.8. The van der Waals surface area contributed by atoms with E-state index in [0.29, 0.717) is 16.9 Å². The second kappa shape index (κ2) is 9.47. The lowest BCUT2D eigenvalue weighted by Gasteiger charge is -2.33. The van der Waals surface area contributed by atoms with Crippen LogP contribution in [-0.4, -0.2) is 41.6 Å². The highest BCUT2D eigenvalue weighted by Crippen LogP contribution is 2.71. The van der Waals surface area contributed by atoms with Crippen LogP contribution in [0.4, 0.5) is 0 Å². The highest BCUT2D eigenvalue weighted by atomic mass is 16.2. The molecular formula is C29H42N2O3. The van der Waals surface area contributed by atoms with Crippen molar-refractivity contribution in [2.75, 3.05) is 13.1 Å². The predicted molar refractivity (Wildman–Crippen MR) is 135 cm³/mol. The molecule has 3 atom stereocenters. The molecule has 1 aliphatic heterocycles. The molecule has 0 bridgehead atoms. The van der Waals surface area contributed by atoms with Crippen LogP contribution in [0.2, 0.25) is 0 Å². The van der Waals surface area contributed by atoms with Crippen molar-refractivity contribution in [2.24, 2.45) is 23.2 Å². The molecule has 1 N–H and O–H groups in total. The number of likely N-dealkylation sites (tertiary alicyclic amines) is 1. The van der Waals surface area contributed by atoms with E-state index in [1.54, 1.807) is 0 Å². The number of benzene rings is 1. The van der Waals surface area contributed by atoms with E-state index in [-0.39, 0.29) is 36.8 Å². The molecule has 1 spiro atoms. The molecule has 186 valence electrons. The Morgan fingerprint density at radius 3 is 2.50 bits per heavy atom. The van der Waals surface area contributed by atoms with E-state index in [2.05, 4.69) is 16.3 Å². The van der Waals surface area contributed by atoms with E-state index in [0.717, 1.165) is 63.6 Å². The van der Waals surface area contributed by atoms with Crippen LogP contribution in [-0.2, 0) is 9.59 Å². The first-order valence-corrected chi connectivity index (χ1v) is 13.6. The van der Waals surface area contributed by atoms with Crippen LogP contribution in [0.25, 0.3) is 0 Å². The summed E-state index contributed by atoms with van der Waals surface area (Å²) in [5, 5.41) is 3.13. The molecule has 5 heteroatoms. The minimum Gasteiger partial charge on any atom is -0.342 e. The van der Waals surface area contributed by atoms with Gasteiger partial charge in [0.15, 0.2) is 5.78 Å². The summed E-state index contributed by atoms with van der Waals surface area (Å²) in [4.78, 5) is 41.3. The molecular weight excluding hydrogens is 424 g/mol. The molecule has 1 aromatic carbocycles.